The molecular formula is C7H4BrF3N2O2. The summed E-state index contributed by atoms with van der Waals surface area (Å²) in [5.74, 6) is -1.75. The fourth-order valence-corrected chi connectivity index (χ4v) is 1.15. The molecule has 1 aromatic heterocycles. The number of aromatic nitrogens is 1. The quantitative estimate of drug-likeness (QED) is 0.843. The van der Waals surface area contributed by atoms with E-state index in [-0.39, 0.29) is 4.60 Å². The lowest BCUT2D eigenvalue weighted by Crippen LogP contribution is -2.21. The van der Waals surface area contributed by atoms with Gasteiger partial charge in [-0.1, -0.05) is 0 Å². The summed E-state index contributed by atoms with van der Waals surface area (Å²) in [7, 11) is 0. The summed E-state index contributed by atoms with van der Waals surface area (Å²) < 4.78 is 39.4. The van der Waals surface area contributed by atoms with Crippen LogP contribution in [0.4, 0.5) is 13.2 Å². The zero-order valence-electron chi connectivity index (χ0n) is 7.01. The van der Waals surface area contributed by atoms with E-state index in [4.69, 9.17) is 5.73 Å². The molecule has 4 nitrogen and oxygen atoms in total. The molecule has 0 fully saturated rings. The van der Waals surface area contributed by atoms with Crippen LogP contribution in [0.1, 0.15) is 10.4 Å². The Morgan fingerprint density at radius 2 is 2.13 bits per heavy atom. The molecule has 8 heteroatoms. The fourth-order valence-electron chi connectivity index (χ4n) is 0.816. The first-order chi connectivity index (χ1) is 6.79. The summed E-state index contributed by atoms with van der Waals surface area (Å²) in [5, 5.41) is 0. The third kappa shape index (κ3) is 3.39. The summed E-state index contributed by atoms with van der Waals surface area (Å²) in [4.78, 5) is 14.3. The molecule has 1 rings (SSSR count). The number of primary amides is 1. The van der Waals surface area contributed by atoms with Gasteiger partial charge >= 0.3 is 6.36 Å². The Labute approximate surface area is 90.4 Å². The minimum Gasteiger partial charge on any atom is -0.403 e. The molecule has 0 unspecified atom stereocenters. The molecule has 82 valence electrons. The van der Waals surface area contributed by atoms with Gasteiger partial charge in [0.2, 0.25) is 0 Å². The van der Waals surface area contributed by atoms with Crippen molar-refractivity contribution in [3.63, 3.8) is 0 Å². The van der Waals surface area contributed by atoms with Crippen molar-refractivity contribution >= 4 is 21.8 Å². The highest BCUT2D eigenvalue weighted by Crippen LogP contribution is 2.26. The number of carbonyl (C=O) groups excluding carboxylic acids is 1. The Morgan fingerprint density at radius 3 is 2.60 bits per heavy atom. The third-order valence-electron chi connectivity index (χ3n) is 1.33. The van der Waals surface area contributed by atoms with Crippen molar-refractivity contribution in [1.82, 2.24) is 4.98 Å². The molecule has 0 spiro atoms. The molecule has 0 radical (unpaired) electrons. The minimum atomic E-state index is -4.89. The van der Waals surface area contributed by atoms with Gasteiger partial charge in [-0.15, -0.1) is 13.2 Å². The molecule has 0 atom stereocenters. The van der Waals surface area contributed by atoms with E-state index >= 15 is 0 Å². The largest absolute Gasteiger partial charge is 0.573 e. The van der Waals surface area contributed by atoms with Crippen LogP contribution >= 0.6 is 15.9 Å². The number of nitrogens with zero attached hydrogens (tertiary/aromatic N) is 1. The Bertz CT molecular complexity index is 394. The van der Waals surface area contributed by atoms with Gasteiger partial charge in [0, 0.05) is 0 Å². The summed E-state index contributed by atoms with van der Waals surface area (Å²) in [6.45, 7) is 0. The number of ether oxygens (including phenoxy) is 1. The van der Waals surface area contributed by atoms with E-state index in [2.05, 4.69) is 25.7 Å². The number of rotatable bonds is 2. The van der Waals surface area contributed by atoms with Crippen molar-refractivity contribution in [3.8, 4) is 5.75 Å². The molecule has 1 heterocycles. The zero-order chi connectivity index (χ0) is 11.6. The first-order valence-electron chi connectivity index (χ1n) is 3.50. The van der Waals surface area contributed by atoms with Crippen LogP contribution < -0.4 is 10.5 Å². The SMILES string of the molecule is NC(=O)c1cc(Br)ncc1OC(F)(F)F. The number of amides is 1. The Morgan fingerprint density at radius 1 is 1.53 bits per heavy atom. The molecule has 2 N–H and O–H groups in total. The fraction of sp³-hybridized carbons (Fsp3) is 0.143. The van der Waals surface area contributed by atoms with E-state index in [1.54, 1.807) is 0 Å². The van der Waals surface area contributed by atoms with Crippen molar-refractivity contribution in [2.75, 3.05) is 0 Å². The average Bonchev–Trinajstić information content (AvgIpc) is 2.05. The van der Waals surface area contributed by atoms with Gasteiger partial charge in [0.25, 0.3) is 5.91 Å². The highest BCUT2D eigenvalue weighted by molar-refractivity contribution is 9.10. The number of nitrogens with two attached hydrogens (primary N) is 1. The van der Waals surface area contributed by atoms with Gasteiger partial charge in [-0.05, 0) is 22.0 Å². The molecule has 0 saturated carbocycles. The van der Waals surface area contributed by atoms with Crippen LogP contribution in [0, 0.1) is 0 Å². The Kier molecular flexibility index (Phi) is 3.18. The maximum absolute atomic E-state index is 11.9. The molecule has 0 bridgehead atoms. The van der Waals surface area contributed by atoms with Crippen molar-refractivity contribution in [2.45, 2.75) is 6.36 Å². The van der Waals surface area contributed by atoms with Gasteiger partial charge in [0.15, 0.2) is 5.75 Å². The maximum Gasteiger partial charge on any atom is 0.573 e. The summed E-state index contributed by atoms with van der Waals surface area (Å²) in [5.41, 5.74) is 4.47. The van der Waals surface area contributed by atoms with E-state index in [0.29, 0.717) is 0 Å². The molecule has 1 aromatic rings. The first kappa shape index (κ1) is 11.8. The Balaban J connectivity index is 3.12. The second-order valence-corrected chi connectivity index (χ2v) is 3.23. The third-order valence-corrected chi connectivity index (χ3v) is 1.76. The van der Waals surface area contributed by atoms with Gasteiger partial charge in [0.05, 0.1) is 11.8 Å². The van der Waals surface area contributed by atoms with E-state index in [1.165, 1.54) is 0 Å². The maximum atomic E-state index is 11.9. The molecular weight excluding hydrogens is 281 g/mol. The van der Waals surface area contributed by atoms with Gasteiger partial charge in [-0.25, -0.2) is 4.98 Å². The number of alkyl halides is 3. The zero-order valence-corrected chi connectivity index (χ0v) is 8.59. The predicted molar refractivity (Wildman–Crippen MR) is 47.1 cm³/mol. The number of hydrogen-bond acceptors (Lipinski definition) is 3. The topological polar surface area (TPSA) is 65.2 Å². The summed E-state index contributed by atoms with van der Waals surface area (Å²) >= 11 is 2.89. The molecule has 15 heavy (non-hydrogen) atoms. The lowest BCUT2D eigenvalue weighted by molar-refractivity contribution is -0.274. The molecule has 0 aliphatic carbocycles. The van der Waals surface area contributed by atoms with Crippen LogP contribution in [0.5, 0.6) is 5.75 Å². The van der Waals surface area contributed by atoms with Crippen LogP contribution in [-0.2, 0) is 0 Å². The van der Waals surface area contributed by atoms with E-state index in [1.807, 2.05) is 0 Å². The highest BCUT2D eigenvalue weighted by Gasteiger charge is 2.33. The molecule has 0 saturated heterocycles. The normalized spacial score (nSPS) is 11.2. The van der Waals surface area contributed by atoms with Crippen molar-refractivity contribution < 1.29 is 22.7 Å². The molecule has 1 amide bonds. The van der Waals surface area contributed by atoms with Gasteiger partial charge in [-0.3, -0.25) is 4.79 Å². The predicted octanol–water partition coefficient (Wildman–Crippen LogP) is 1.84. The van der Waals surface area contributed by atoms with Crippen LogP contribution in [0.25, 0.3) is 0 Å². The lowest BCUT2D eigenvalue weighted by Gasteiger charge is -2.10. The number of pyridine rings is 1. The van der Waals surface area contributed by atoms with E-state index in [0.717, 1.165) is 12.3 Å². The minimum absolute atomic E-state index is 0.186. The van der Waals surface area contributed by atoms with Crippen molar-refractivity contribution in [1.29, 1.82) is 0 Å². The standard InChI is InChI=1S/C7H4BrF3N2O2/c8-5-1-3(6(12)14)4(2-13-5)15-7(9,10)11/h1-2H,(H2,12,14). The molecule has 0 aliphatic rings. The number of hydrogen-bond donors (Lipinski definition) is 1. The molecule has 0 aromatic carbocycles. The van der Waals surface area contributed by atoms with Crippen molar-refractivity contribution in [2.24, 2.45) is 5.73 Å². The summed E-state index contributed by atoms with van der Waals surface area (Å²) in [6, 6.07) is 1.05. The monoisotopic (exact) mass is 284 g/mol. The first-order valence-corrected chi connectivity index (χ1v) is 4.30. The second kappa shape index (κ2) is 4.05. The number of halogens is 4. The van der Waals surface area contributed by atoms with Crippen LogP contribution in [0.3, 0.4) is 0 Å². The van der Waals surface area contributed by atoms with Crippen LogP contribution in [-0.4, -0.2) is 17.3 Å². The van der Waals surface area contributed by atoms with E-state index in [9.17, 15) is 18.0 Å². The average molecular weight is 285 g/mol. The van der Waals surface area contributed by atoms with Gasteiger partial charge < -0.3 is 10.5 Å². The Hall–Kier alpha value is -1.31. The van der Waals surface area contributed by atoms with Crippen LogP contribution in [0.15, 0.2) is 16.9 Å². The van der Waals surface area contributed by atoms with E-state index < -0.39 is 23.6 Å². The lowest BCUT2D eigenvalue weighted by atomic mass is 10.2. The molecule has 0 aliphatic heterocycles. The van der Waals surface area contributed by atoms with Gasteiger partial charge in [-0.2, -0.15) is 0 Å². The van der Waals surface area contributed by atoms with Crippen LogP contribution in [0.2, 0.25) is 0 Å². The second-order valence-electron chi connectivity index (χ2n) is 2.42. The summed E-state index contributed by atoms with van der Waals surface area (Å²) in [6.07, 6.45) is -4.13. The smallest absolute Gasteiger partial charge is 0.403 e. The van der Waals surface area contributed by atoms with Crippen molar-refractivity contribution in [3.05, 3.63) is 22.4 Å². The highest BCUT2D eigenvalue weighted by atomic mass is 79.9. The van der Waals surface area contributed by atoms with Gasteiger partial charge in [0.1, 0.15) is 4.60 Å². The number of carbonyl (C=O) groups is 1.